The van der Waals surface area contributed by atoms with Crippen LogP contribution in [0.1, 0.15) is 11.1 Å². The summed E-state index contributed by atoms with van der Waals surface area (Å²) < 4.78 is 0. The van der Waals surface area contributed by atoms with Crippen LogP contribution in [0.25, 0.3) is 0 Å². The molecule has 0 saturated carbocycles. The standard InChI is InChI=1S/C21H24N6/c1-16-13-17(2)15-18(14-16)24-19-6-8-23-21(25-19)27-11-9-26(10-12-27)20-5-3-4-7-22-20/h3-8,13-15H,9-12H2,1-2H3,(H,23,24,25). The van der Waals surface area contributed by atoms with Crippen LogP contribution in [0, 0.1) is 13.8 Å². The number of rotatable bonds is 4. The van der Waals surface area contributed by atoms with Gasteiger partial charge in [-0.2, -0.15) is 4.98 Å². The monoisotopic (exact) mass is 360 g/mol. The number of aryl methyl sites for hydroxylation is 2. The Morgan fingerprint density at radius 2 is 1.56 bits per heavy atom. The Balaban J connectivity index is 1.44. The van der Waals surface area contributed by atoms with E-state index in [0.29, 0.717) is 0 Å². The van der Waals surface area contributed by atoms with E-state index < -0.39 is 0 Å². The summed E-state index contributed by atoms with van der Waals surface area (Å²) in [6.07, 6.45) is 3.66. The summed E-state index contributed by atoms with van der Waals surface area (Å²) >= 11 is 0. The number of hydrogen-bond donors (Lipinski definition) is 1. The maximum Gasteiger partial charge on any atom is 0.227 e. The minimum Gasteiger partial charge on any atom is -0.353 e. The lowest BCUT2D eigenvalue weighted by Crippen LogP contribution is -2.47. The molecule has 138 valence electrons. The van der Waals surface area contributed by atoms with Crippen molar-refractivity contribution >= 4 is 23.3 Å². The molecule has 0 radical (unpaired) electrons. The second-order valence-corrected chi connectivity index (χ2v) is 6.91. The molecule has 0 spiro atoms. The smallest absolute Gasteiger partial charge is 0.227 e. The van der Waals surface area contributed by atoms with Gasteiger partial charge in [-0.25, -0.2) is 9.97 Å². The van der Waals surface area contributed by atoms with Gasteiger partial charge in [0, 0.05) is 44.3 Å². The van der Waals surface area contributed by atoms with Crippen LogP contribution < -0.4 is 15.1 Å². The van der Waals surface area contributed by atoms with E-state index in [9.17, 15) is 0 Å². The van der Waals surface area contributed by atoms with Gasteiger partial charge in [0.1, 0.15) is 11.6 Å². The number of piperazine rings is 1. The zero-order valence-corrected chi connectivity index (χ0v) is 15.8. The van der Waals surface area contributed by atoms with Gasteiger partial charge >= 0.3 is 0 Å². The van der Waals surface area contributed by atoms with Gasteiger partial charge in [-0.3, -0.25) is 0 Å². The van der Waals surface area contributed by atoms with Crippen molar-refractivity contribution in [1.82, 2.24) is 15.0 Å². The highest BCUT2D eigenvalue weighted by Gasteiger charge is 2.20. The maximum absolute atomic E-state index is 4.72. The Bertz CT molecular complexity index is 883. The number of nitrogens with zero attached hydrogens (tertiary/aromatic N) is 5. The van der Waals surface area contributed by atoms with E-state index in [0.717, 1.165) is 49.5 Å². The van der Waals surface area contributed by atoms with Crippen LogP contribution in [-0.4, -0.2) is 41.1 Å². The van der Waals surface area contributed by atoms with E-state index in [1.54, 1.807) is 0 Å². The van der Waals surface area contributed by atoms with Crippen LogP contribution in [0.5, 0.6) is 0 Å². The summed E-state index contributed by atoms with van der Waals surface area (Å²) in [7, 11) is 0. The van der Waals surface area contributed by atoms with E-state index in [2.05, 4.69) is 63.2 Å². The van der Waals surface area contributed by atoms with Gasteiger partial charge in [0.2, 0.25) is 5.95 Å². The third kappa shape index (κ3) is 4.16. The Kier molecular flexibility index (Phi) is 4.87. The Hall–Kier alpha value is -3.15. The highest BCUT2D eigenvalue weighted by Crippen LogP contribution is 2.21. The molecule has 2 aromatic heterocycles. The number of anilines is 4. The van der Waals surface area contributed by atoms with Crippen LogP contribution in [0.2, 0.25) is 0 Å². The van der Waals surface area contributed by atoms with Gasteiger partial charge in [0.05, 0.1) is 0 Å². The second kappa shape index (κ2) is 7.61. The molecule has 3 aromatic rings. The van der Waals surface area contributed by atoms with Gasteiger partial charge in [-0.15, -0.1) is 0 Å². The average Bonchev–Trinajstić information content (AvgIpc) is 2.68. The summed E-state index contributed by atoms with van der Waals surface area (Å²) in [5, 5.41) is 3.40. The fraction of sp³-hybridized carbons (Fsp3) is 0.286. The first-order valence-electron chi connectivity index (χ1n) is 9.27. The largest absolute Gasteiger partial charge is 0.353 e. The zero-order chi connectivity index (χ0) is 18.6. The van der Waals surface area contributed by atoms with Crippen molar-refractivity contribution in [2.24, 2.45) is 0 Å². The molecule has 0 bridgehead atoms. The summed E-state index contributed by atoms with van der Waals surface area (Å²) in [4.78, 5) is 18.2. The molecule has 27 heavy (non-hydrogen) atoms. The van der Waals surface area contributed by atoms with Crippen LogP contribution in [-0.2, 0) is 0 Å². The quantitative estimate of drug-likeness (QED) is 0.768. The molecular weight excluding hydrogens is 336 g/mol. The minimum absolute atomic E-state index is 0.769. The van der Waals surface area contributed by atoms with Crippen LogP contribution >= 0.6 is 0 Å². The molecule has 1 aliphatic heterocycles. The lowest BCUT2D eigenvalue weighted by atomic mass is 10.1. The number of nitrogens with one attached hydrogen (secondary N) is 1. The van der Waals surface area contributed by atoms with Crippen molar-refractivity contribution in [3.63, 3.8) is 0 Å². The molecule has 1 fully saturated rings. The number of hydrogen-bond acceptors (Lipinski definition) is 6. The fourth-order valence-corrected chi connectivity index (χ4v) is 3.44. The van der Waals surface area contributed by atoms with Crippen molar-refractivity contribution in [3.8, 4) is 0 Å². The van der Waals surface area contributed by atoms with Crippen LogP contribution in [0.15, 0.2) is 54.9 Å². The van der Waals surface area contributed by atoms with Gasteiger partial charge in [-0.05, 0) is 55.3 Å². The third-order valence-electron chi connectivity index (χ3n) is 4.67. The molecule has 1 saturated heterocycles. The lowest BCUT2D eigenvalue weighted by Gasteiger charge is -2.35. The summed E-state index contributed by atoms with van der Waals surface area (Å²) in [6.45, 7) is 7.78. The van der Waals surface area contributed by atoms with Crippen molar-refractivity contribution in [2.45, 2.75) is 13.8 Å². The van der Waals surface area contributed by atoms with E-state index in [1.807, 2.05) is 30.6 Å². The highest BCUT2D eigenvalue weighted by molar-refractivity contribution is 5.59. The van der Waals surface area contributed by atoms with Gasteiger partial charge < -0.3 is 15.1 Å². The summed E-state index contributed by atoms with van der Waals surface area (Å²) in [6, 6.07) is 14.4. The van der Waals surface area contributed by atoms with Crippen LogP contribution in [0.3, 0.4) is 0 Å². The number of benzene rings is 1. The first kappa shape index (κ1) is 17.3. The van der Waals surface area contributed by atoms with E-state index in [-0.39, 0.29) is 0 Å². The van der Waals surface area contributed by atoms with Gasteiger partial charge in [0.25, 0.3) is 0 Å². The van der Waals surface area contributed by atoms with Crippen LogP contribution in [0.4, 0.5) is 23.3 Å². The van der Waals surface area contributed by atoms with Crippen molar-refractivity contribution in [2.75, 3.05) is 41.3 Å². The molecule has 0 aliphatic carbocycles. The fourth-order valence-electron chi connectivity index (χ4n) is 3.44. The highest BCUT2D eigenvalue weighted by atomic mass is 15.3. The molecule has 1 aromatic carbocycles. The second-order valence-electron chi connectivity index (χ2n) is 6.91. The van der Waals surface area contributed by atoms with E-state index >= 15 is 0 Å². The molecule has 6 nitrogen and oxygen atoms in total. The molecule has 4 rings (SSSR count). The zero-order valence-electron chi connectivity index (χ0n) is 15.8. The predicted molar refractivity (Wildman–Crippen MR) is 110 cm³/mol. The predicted octanol–water partition coefficient (Wildman–Crippen LogP) is 3.56. The lowest BCUT2D eigenvalue weighted by molar-refractivity contribution is 0.635. The topological polar surface area (TPSA) is 57.2 Å². The summed E-state index contributed by atoms with van der Waals surface area (Å²) in [5.41, 5.74) is 3.52. The first-order valence-corrected chi connectivity index (χ1v) is 9.27. The Morgan fingerprint density at radius 1 is 0.815 bits per heavy atom. The molecule has 0 unspecified atom stereocenters. The average molecular weight is 360 g/mol. The van der Waals surface area contributed by atoms with E-state index in [1.165, 1.54) is 11.1 Å². The maximum atomic E-state index is 4.72. The van der Waals surface area contributed by atoms with Crippen molar-refractivity contribution < 1.29 is 0 Å². The molecule has 1 N–H and O–H groups in total. The van der Waals surface area contributed by atoms with Crippen molar-refractivity contribution in [1.29, 1.82) is 0 Å². The Labute approximate surface area is 159 Å². The summed E-state index contributed by atoms with van der Waals surface area (Å²) in [5.74, 6) is 2.62. The molecular formula is C21H24N6. The normalized spacial score (nSPS) is 14.3. The number of pyridine rings is 1. The molecule has 3 heterocycles. The van der Waals surface area contributed by atoms with Gasteiger partial charge in [-0.1, -0.05) is 12.1 Å². The van der Waals surface area contributed by atoms with Crippen molar-refractivity contribution in [3.05, 3.63) is 66.0 Å². The molecule has 1 aliphatic rings. The minimum atomic E-state index is 0.769. The van der Waals surface area contributed by atoms with Gasteiger partial charge in [0.15, 0.2) is 0 Å². The first-order chi connectivity index (χ1) is 13.2. The van der Waals surface area contributed by atoms with E-state index in [4.69, 9.17) is 4.98 Å². The SMILES string of the molecule is Cc1cc(C)cc(Nc2ccnc(N3CCN(c4ccccn4)CC3)n2)c1. The number of aromatic nitrogens is 3. The molecule has 6 heteroatoms. The third-order valence-corrected chi connectivity index (χ3v) is 4.67. The molecule has 0 amide bonds. The Morgan fingerprint density at radius 3 is 2.26 bits per heavy atom. The molecule has 0 atom stereocenters.